The van der Waals surface area contributed by atoms with E-state index in [2.05, 4.69) is 21.9 Å². The molecule has 0 amide bonds. The molecule has 0 aliphatic rings. The molecule has 0 unspecified atom stereocenters. The molecule has 0 spiro atoms. The summed E-state index contributed by atoms with van der Waals surface area (Å²) in [6.45, 7) is 2.58. The van der Waals surface area contributed by atoms with E-state index < -0.39 is 0 Å². The Bertz CT molecular complexity index is 1080. The molecule has 0 aliphatic heterocycles. The number of rotatable bonds is 7. The highest BCUT2D eigenvalue weighted by Crippen LogP contribution is 2.40. The largest absolute Gasteiger partial charge is 0.507 e. The molecule has 2 N–H and O–H groups in total. The van der Waals surface area contributed by atoms with Gasteiger partial charge in [0.15, 0.2) is 17.5 Å². The van der Waals surface area contributed by atoms with E-state index in [1.165, 1.54) is 12.1 Å². The fourth-order valence-electron chi connectivity index (χ4n) is 3.15. The van der Waals surface area contributed by atoms with Crippen molar-refractivity contribution in [3.8, 4) is 51.4 Å². The maximum absolute atomic E-state index is 10.7. The Balaban J connectivity index is 1.83. The number of phenols is 2. The maximum Gasteiger partial charge on any atom is 0.171 e. The first kappa shape index (κ1) is 20.3. The van der Waals surface area contributed by atoms with E-state index in [1.54, 1.807) is 0 Å². The van der Waals surface area contributed by atoms with Crippen LogP contribution in [0.25, 0.3) is 34.2 Å². The average Bonchev–Trinajstić information content (AvgIpc) is 2.80. The van der Waals surface area contributed by atoms with Crippen LogP contribution in [0.5, 0.6) is 17.2 Å². The molecule has 0 saturated heterocycles. The summed E-state index contributed by atoms with van der Waals surface area (Å²) in [5.41, 5.74) is 1.75. The molecule has 3 aromatic carbocycles. The molecule has 4 aromatic rings. The van der Waals surface area contributed by atoms with Gasteiger partial charge in [-0.2, -0.15) is 0 Å². The van der Waals surface area contributed by atoms with Crippen molar-refractivity contribution in [3.05, 3.63) is 72.8 Å². The Morgan fingerprint density at radius 1 is 0.710 bits per heavy atom. The number of hydrogen-bond acceptors (Lipinski definition) is 6. The van der Waals surface area contributed by atoms with Gasteiger partial charge in [-0.05, 0) is 6.42 Å². The molecule has 6 heteroatoms. The van der Waals surface area contributed by atoms with Crippen LogP contribution >= 0.6 is 0 Å². The number of nitrogens with zero attached hydrogens (tertiary/aromatic N) is 3. The molecule has 31 heavy (non-hydrogen) atoms. The Morgan fingerprint density at radius 2 is 1.19 bits per heavy atom. The number of ether oxygens (including phenoxy) is 1. The van der Waals surface area contributed by atoms with Crippen molar-refractivity contribution in [3.63, 3.8) is 0 Å². The molecular formula is C25H23N3O3. The van der Waals surface area contributed by atoms with Crippen LogP contribution in [0.1, 0.15) is 19.8 Å². The molecule has 156 valence electrons. The van der Waals surface area contributed by atoms with Crippen LogP contribution < -0.4 is 4.74 Å². The molecule has 4 rings (SSSR count). The third kappa shape index (κ3) is 4.64. The van der Waals surface area contributed by atoms with Crippen LogP contribution in [0.3, 0.4) is 0 Å². The summed E-state index contributed by atoms with van der Waals surface area (Å²) < 4.78 is 5.61. The highest BCUT2D eigenvalue weighted by atomic mass is 16.5. The van der Waals surface area contributed by atoms with Gasteiger partial charge >= 0.3 is 0 Å². The van der Waals surface area contributed by atoms with Crippen molar-refractivity contribution in [2.45, 2.75) is 19.8 Å². The van der Waals surface area contributed by atoms with E-state index in [4.69, 9.17) is 4.74 Å². The third-order valence-electron chi connectivity index (χ3n) is 4.76. The zero-order valence-electron chi connectivity index (χ0n) is 17.2. The predicted octanol–water partition coefficient (Wildman–Crippen LogP) is 5.46. The lowest BCUT2D eigenvalue weighted by Crippen LogP contribution is -2.01. The van der Waals surface area contributed by atoms with Crippen LogP contribution in [0.4, 0.5) is 0 Å². The minimum absolute atomic E-state index is 0.139. The highest BCUT2D eigenvalue weighted by Gasteiger charge is 2.19. The molecule has 1 heterocycles. The summed E-state index contributed by atoms with van der Waals surface area (Å²) in [5, 5.41) is 21.3. The van der Waals surface area contributed by atoms with Gasteiger partial charge in [-0.25, -0.2) is 15.0 Å². The summed E-state index contributed by atoms with van der Waals surface area (Å²) in [6.07, 6.45) is 1.88. The predicted molar refractivity (Wildman–Crippen MR) is 120 cm³/mol. The molecular weight excluding hydrogens is 390 g/mol. The van der Waals surface area contributed by atoms with Crippen molar-refractivity contribution in [2.24, 2.45) is 0 Å². The first-order valence-electron chi connectivity index (χ1n) is 10.2. The van der Waals surface area contributed by atoms with Gasteiger partial charge < -0.3 is 14.9 Å². The monoisotopic (exact) mass is 413 g/mol. The second kappa shape index (κ2) is 9.26. The number of unbranched alkanes of at least 4 members (excludes halogenated alkanes) is 1. The maximum atomic E-state index is 10.7. The third-order valence-corrected chi connectivity index (χ3v) is 4.76. The lowest BCUT2D eigenvalue weighted by molar-refractivity contribution is 0.305. The van der Waals surface area contributed by atoms with Crippen molar-refractivity contribution in [1.82, 2.24) is 15.0 Å². The number of aromatic nitrogens is 3. The van der Waals surface area contributed by atoms with Gasteiger partial charge in [0.1, 0.15) is 22.8 Å². The molecule has 6 nitrogen and oxygen atoms in total. The molecule has 0 fully saturated rings. The molecule has 0 bridgehead atoms. The van der Waals surface area contributed by atoms with E-state index in [0.717, 1.165) is 24.0 Å². The SMILES string of the molecule is CCCCOc1cc(O)c(-c2nc(-c3ccccc3)nc(-c3ccccc3)n2)c(O)c1. The first-order chi connectivity index (χ1) is 15.2. The van der Waals surface area contributed by atoms with Crippen molar-refractivity contribution in [1.29, 1.82) is 0 Å². The minimum atomic E-state index is -0.157. The Morgan fingerprint density at radius 3 is 1.68 bits per heavy atom. The van der Waals surface area contributed by atoms with Gasteiger partial charge in [0.25, 0.3) is 0 Å². The number of phenolic OH excluding ortho intramolecular Hbond substituents is 2. The van der Waals surface area contributed by atoms with Crippen LogP contribution in [0, 0.1) is 0 Å². The number of benzene rings is 3. The molecule has 0 radical (unpaired) electrons. The van der Waals surface area contributed by atoms with E-state index in [-0.39, 0.29) is 22.9 Å². The summed E-state index contributed by atoms with van der Waals surface area (Å²) in [4.78, 5) is 13.7. The standard InChI is InChI=1S/C25H23N3O3/c1-2-3-14-31-19-15-20(29)22(21(30)16-19)25-27-23(17-10-6-4-7-11-17)26-24(28-25)18-12-8-5-9-13-18/h4-13,15-16,29-30H,2-3,14H2,1H3. The van der Waals surface area contributed by atoms with Gasteiger partial charge in [0, 0.05) is 23.3 Å². The van der Waals surface area contributed by atoms with Gasteiger partial charge in [0.2, 0.25) is 0 Å². The average molecular weight is 413 g/mol. The lowest BCUT2D eigenvalue weighted by atomic mass is 10.1. The second-order valence-corrected chi connectivity index (χ2v) is 7.08. The molecule has 0 atom stereocenters. The van der Waals surface area contributed by atoms with E-state index in [0.29, 0.717) is 24.0 Å². The van der Waals surface area contributed by atoms with Gasteiger partial charge in [-0.3, -0.25) is 0 Å². The molecule has 0 aliphatic carbocycles. The van der Waals surface area contributed by atoms with Gasteiger partial charge in [-0.15, -0.1) is 0 Å². The Labute approximate surface area is 180 Å². The summed E-state index contributed by atoms with van der Waals surface area (Å²) in [7, 11) is 0. The minimum Gasteiger partial charge on any atom is -0.507 e. The van der Waals surface area contributed by atoms with E-state index in [9.17, 15) is 10.2 Å². The number of aromatic hydroxyl groups is 2. The van der Waals surface area contributed by atoms with Crippen molar-refractivity contribution < 1.29 is 14.9 Å². The Kier molecular flexibility index (Phi) is 6.08. The zero-order chi connectivity index (χ0) is 21.6. The summed E-state index contributed by atoms with van der Waals surface area (Å²) in [6, 6.07) is 22.0. The van der Waals surface area contributed by atoms with Gasteiger partial charge in [-0.1, -0.05) is 74.0 Å². The normalized spacial score (nSPS) is 10.7. The fraction of sp³-hybridized carbons (Fsp3) is 0.160. The topological polar surface area (TPSA) is 88.4 Å². The highest BCUT2D eigenvalue weighted by molar-refractivity contribution is 5.75. The van der Waals surface area contributed by atoms with Crippen LogP contribution in [-0.2, 0) is 0 Å². The van der Waals surface area contributed by atoms with Crippen LogP contribution in [0.2, 0.25) is 0 Å². The van der Waals surface area contributed by atoms with Crippen molar-refractivity contribution >= 4 is 0 Å². The van der Waals surface area contributed by atoms with Crippen LogP contribution in [-0.4, -0.2) is 31.8 Å². The summed E-state index contributed by atoms with van der Waals surface area (Å²) in [5.74, 6) is 1.17. The van der Waals surface area contributed by atoms with Gasteiger partial charge in [0.05, 0.1) is 6.61 Å². The second-order valence-electron chi connectivity index (χ2n) is 7.08. The Hall–Kier alpha value is -3.93. The molecule has 0 saturated carbocycles. The fourth-order valence-corrected chi connectivity index (χ4v) is 3.15. The quantitative estimate of drug-likeness (QED) is 0.391. The van der Waals surface area contributed by atoms with E-state index >= 15 is 0 Å². The first-order valence-corrected chi connectivity index (χ1v) is 10.2. The van der Waals surface area contributed by atoms with E-state index in [1.807, 2.05) is 60.7 Å². The number of hydrogen-bond donors (Lipinski definition) is 2. The van der Waals surface area contributed by atoms with Crippen LogP contribution in [0.15, 0.2) is 72.8 Å². The molecule has 1 aromatic heterocycles. The van der Waals surface area contributed by atoms with Crippen molar-refractivity contribution in [2.75, 3.05) is 6.61 Å². The lowest BCUT2D eigenvalue weighted by Gasteiger charge is -2.12. The zero-order valence-corrected chi connectivity index (χ0v) is 17.2. The summed E-state index contributed by atoms with van der Waals surface area (Å²) >= 11 is 0. The smallest absolute Gasteiger partial charge is 0.171 e.